The van der Waals surface area contributed by atoms with Crippen LogP contribution < -0.4 is 10.5 Å². The van der Waals surface area contributed by atoms with Gasteiger partial charge in [-0.2, -0.15) is 0 Å². The number of benzene rings is 1. The Morgan fingerprint density at radius 3 is 2.94 bits per heavy atom. The van der Waals surface area contributed by atoms with E-state index in [2.05, 4.69) is 18.2 Å². The second-order valence-electron chi connectivity index (χ2n) is 6.01. The minimum absolute atomic E-state index is 0.131. The topological polar surface area (TPSA) is 44.5 Å². The van der Waals surface area contributed by atoms with Crippen LogP contribution in [0.25, 0.3) is 0 Å². The first-order chi connectivity index (χ1) is 8.74. The van der Waals surface area contributed by atoms with Gasteiger partial charge in [0, 0.05) is 17.0 Å². The van der Waals surface area contributed by atoms with Gasteiger partial charge in [0.2, 0.25) is 0 Å². The predicted octanol–water partition coefficient (Wildman–Crippen LogP) is 2.20. The van der Waals surface area contributed by atoms with Gasteiger partial charge in [0.05, 0.1) is 18.8 Å². The van der Waals surface area contributed by atoms with Crippen LogP contribution in [0.1, 0.15) is 37.2 Å². The summed E-state index contributed by atoms with van der Waals surface area (Å²) in [4.78, 5) is 0. The van der Waals surface area contributed by atoms with Crippen molar-refractivity contribution in [1.29, 1.82) is 0 Å². The molecule has 1 aromatic rings. The highest BCUT2D eigenvalue weighted by Gasteiger charge is 2.51. The molecule has 3 heteroatoms. The van der Waals surface area contributed by atoms with Crippen molar-refractivity contribution < 1.29 is 9.47 Å². The minimum atomic E-state index is -0.131. The van der Waals surface area contributed by atoms with Crippen molar-refractivity contribution in [2.75, 3.05) is 6.61 Å². The number of hydrogen-bond acceptors (Lipinski definition) is 3. The van der Waals surface area contributed by atoms with E-state index in [1.807, 2.05) is 6.07 Å². The molecular formula is C15H19NO2. The maximum Gasteiger partial charge on any atom is 0.122 e. The van der Waals surface area contributed by atoms with E-state index in [4.69, 9.17) is 15.2 Å². The molecule has 3 aliphatic heterocycles. The molecule has 0 aromatic heterocycles. The highest BCUT2D eigenvalue weighted by atomic mass is 16.5. The van der Waals surface area contributed by atoms with E-state index in [1.165, 1.54) is 12.0 Å². The number of rotatable bonds is 2. The molecule has 2 N–H and O–H groups in total. The zero-order valence-electron chi connectivity index (χ0n) is 10.5. The van der Waals surface area contributed by atoms with Crippen molar-refractivity contribution in [3.05, 3.63) is 29.8 Å². The normalized spacial score (nSPS) is 40.8. The van der Waals surface area contributed by atoms with Gasteiger partial charge in [-0.1, -0.05) is 18.2 Å². The second kappa shape index (κ2) is 3.72. The molecule has 4 unspecified atom stereocenters. The van der Waals surface area contributed by atoms with Crippen molar-refractivity contribution in [2.24, 2.45) is 5.73 Å². The lowest BCUT2D eigenvalue weighted by atomic mass is 9.75. The number of hydrogen-bond donors (Lipinski definition) is 1. The molecule has 96 valence electrons. The summed E-state index contributed by atoms with van der Waals surface area (Å²) >= 11 is 0. The molecule has 3 aliphatic rings. The van der Waals surface area contributed by atoms with Crippen molar-refractivity contribution >= 4 is 0 Å². The first-order valence-electron chi connectivity index (χ1n) is 6.91. The fourth-order valence-electron chi connectivity index (χ4n) is 3.91. The van der Waals surface area contributed by atoms with Crippen molar-refractivity contribution in [2.45, 2.75) is 49.3 Å². The summed E-state index contributed by atoms with van der Waals surface area (Å²) in [5, 5.41) is 0. The Bertz CT molecular complexity index is 475. The zero-order chi connectivity index (χ0) is 12.2. The van der Waals surface area contributed by atoms with Gasteiger partial charge in [-0.3, -0.25) is 0 Å². The second-order valence-corrected chi connectivity index (χ2v) is 6.01. The molecule has 18 heavy (non-hydrogen) atoms. The van der Waals surface area contributed by atoms with Gasteiger partial charge in [-0.25, -0.2) is 0 Å². The third-order valence-electron chi connectivity index (χ3n) is 4.78. The van der Waals surface area contributed by atoms with Gasteiger partial charge in [0.25, 0.3) is 0 Å². The summed E-state index contributed by atoms with van der Waals surface area (Å²) in [7, 11) is 0. The van der Waals surface area contributed by atoms with Gasteiger partial charge >= 0.3 is 0 Å². The van der Waals surface area contributed by atoms with Crippen LogP contribution >= 0.6 is 0 Å². The maximum atomic E-state index is 6.60. The number of nitrogens with two attached hydrogens (primary N) is 1. The number of fused-ring (bicyclic) bond motifs is 3. The molecule has 4 atom stereocenters. The molecule has 0 saturated carbocycles. The molecule has 0 amide bonds. The Hall–Kier alpha value is -1.06. The average Bonchev–Trinajstić information content (AvgIpc) is 3.04. The monoisotopic (exact) mass is 245 g/mol. The molecule has 2 saturated heterocycles. The SMILES string of the molecule is NC1(CC2COc3ccccc32)CC2CCC1O2. The average molecular weight is 245 g/mol. The van der Waals surface area contributed by atoms with E-state index in [0.29, 0.717) is 12.0 Å². The summed E-state index contributed by atoms with van der Waals surface area (Å²) in [5.74, 6) is 1.48. The van der Waals surface area contributed by atoms with Crippen LogP contribution in [0.2, 0.25) is 0 Å². The Balaban J connectivity index is 1.56. The van der Waals surface area contributed by atoms with E-state index < -0.39 is 0 Å². The van der Waals surface area contributed by atoms with Crippen LogP contribution in [0, 0.1) is 0 Å². The smallest absolute Gasteiger partial charge is 0.122 e. The van der Waals surface area contributed by atoms with Crippen LogP contribution in [0.15, 0.2) is 24.3 Å². The minimum Gasteiger partial charge on any atom is -0.493 e. The van der Waals surface area contributed by atoms with Gasteiger partial charge < -0.3 is 15.2 Å². The van der Waals surface area contributed by atoms with E-state index in [1.54, 1.807) is 0 Å². The highest BCUT2D eigenvalue weighted by molar-refractivity contribution is 5.40. The summed E-state index contributed by atoms with van der Waals surface area (Å²) in [6, 6.07) is 8.33. The maximum absolute atomic E-state index is 6.60. The summed E-state index contributed by atoms with van der Waals surface area (Å²) < 4.78 is 11.7. The predicted molar refractivity (Wildman–Crippen MR) is 68.7 cm³/mol. The highest BCUT2D eigenvalue weighted by Crippen LogP contribution is 2.47. The zero-order valence-corrected chi connectivity index (χ0v) is 10.5. The molecule has 0 spiro atoms. The third-order valence-corrected chi connectivity index (χ3v) is 4.78. The fraction of sp³-hybridized carbons (Fsp3) is 0.600. The van der Waals surface area contributed by atoms with Gasteiger partial charge in [0.15, 0.2) is 0 Å². The van der Waals surface area contributed by atoms with E-state index in [-0.39, 0.29) is 11.6 Å². The Labute approximate surface area is 107 Å². The van der Waals surface area contributed by atoms with Crippen molar-refractivity contribution in [3.8, 4) is 5.75 Å². The van der Waals surface area contributed by atoms with Crippen LogP contribution in [0.4, 0.5) is 0 Å². The quantitative estimate of drug-likeness (QED) is 0.868. The van der Waals surface area contributed by atoms with Crippen molar-refractivity contribution in [1.82, 2.24) is 0 Å². The summed E-state index contributed by atoms with van der Waals surface area (Å²) in [5.41, 5.74) is 7.79. The molecule has 2 fully saturated rings. The largest absolute Gasteiger partial charge is 0.493 e. The lowest BCUT2D eigenvalue weighted by molar-refractivity contribution is 0.0814. The van der Waals surface area contributed by atoms with Crippen LogP contribution in [-0.4, -0.2) is 24.4 Å². The number of ether oxygens (including phenoxy) is 2. The standard InChI is InChI=1S/C15H19NO2/c16-15(8-11-5-6-14(15)18-11)7-10-9-17-13-4-2-1-3-12(10)13/h1-4,10-11,14H,5-9,16H2. The molecule has 0 aliphatic carbocycles. The lowest BCUT2D eigenvalue weighted by Gasteiger charge is -2.33. The first-order valence-corrected chi connectivity index (χ1v) is 6.91. The summed E-state index contributed by atoms with van der Waals surface area (Å²) in [6.45, 7) is 0.773. The Kier molecular flexibility index (Phi) is 2.24. The summed E-state index contributed by atoms with van der Waals surface area (Å²) in [6.07, 6.45) is 5.03. The van der Waals surface area contributed by atoms with Crippen LogP contribution in [0.3, 0.4) is 0 Å². The number of para-hydroxylation sites is 1. The molecule has 3 nitrogen and oxygen atoms in total. The fourth-order valence-corrected chi connectivity index (χ4v) is 3.91. The Morgan fingerprint density at radius 2 is 2.17 bits per heavy atom. The molecular weight excluding hydrogens is 226 g/mol. The van der Waals surface area contributed by atoms with E-state index in [9.17, 15) is 0 Å². The first kappa shape index (κ1) is 10.8. The van der Waals surface area contributed by atoms with Crippen LogP contribution in [0.5, 0.6) is 5.75 Å². The van der Waals surface area contributed by atoms with Gasteiger partial charge in [-0.15, -0.1) is 0 Å². The Morgan fingerprint density at radius 1 is 1.28 bits per heavy atom. The molecule has 1 aromatic carbocycles. The third kappa shape index (κ3) is 1.50. The molecule has 2 bridgehead atoms. The van der Waals surface area contributed by atoms with Crippen molar-refractivity contribution in [3.63, 3.8) is 0 Å². The van der Waals surface area contributed by atoms with E-state index >= 15 is 0 Å². The van der Waals surface area contributed by atoms with Gasteiger partial charge in [0.1, 0.15) is 5.75 Å². The molecule has 3 heterocycles. The molecule has 4 rings (SSSR count). The molecule has 0 radical (unpaired) electrons. The van der Waals surface area contributed by atoms with Crippen LogP contribution in [-0.2, 0) is 4.74 Å². The van der Waals surface area contributed by atoms with Gasteiger partial charge in [-0.05, 0) is 31.7 Å². The lowest BCUT2D eigenvalue weighted by Crippen LogP contribution is -2.49. The van der Waals surface area contributed by atoms with E-state index in [0.717, 1.165) is 31.6 Å².